The molecule has 18 heavy (non-hydrogen) atoms. The Morgan fingerprint density at radius 3 is 2.89 bits per heavy atom. The molecule has 0 radical (unpaired) electrons. The molecule has 0 aromatic heterocycles. The van der Waals surface area contributed by atoms with E-state index in [2.05, 4.69) is 13.0 Å². The summed E-state index contributed by atoms with van der Waals surface area (Å²) in [6, 6.07) is 8.01. The highest BCUT2D eigenvalue weighted by atomic mass is 16.5. The second kappa shape index (κ2) is 5.71. The van der Waals surface area contributed by atoms with Crippen LogP contribution in [-0.4, -0.2) is 19.2 Å². The number of ether oxygens (including phenoxy) is 2. The van der Waals surface area contributed by atoms with Crippen molar-refractivity contribution in [3.05, 3.63) is 35.4 Å². The van der Waals surface area contributed by atoms with Gasteiger partial charge in [-0.1, -0.05) is 23.8 Å². The SMILES string of the molecule is CCOC(=O)CC/C(C)=C1/COc2ccccc21. The Labute approximate surface area is 107 Å². The first-order chi connectivity index (χ1) is 8.72. The highest BCUT2D eigenvalue weighted by Crippen LogP contribution is 2.35. The molecule has 0 atom stereocenters. The van der Waals surface area contributed by atoms with E-state index in [1.165, 1.54) is 11.1 Å². The molecule has 0 unspecified atom stereocenters. The number of benzene rings is 1. The molecule has 1 aliphatic heterocycles. The van der Waals surface area contributed by atoms with E-state index in [0.717, 1.165) is 17.7 Å². The monoisotopic (exact) mass is 246 g/mol. The van der Waals surface area contributed by atoms with Gasteiger partial charge in [-0.15, -0.1) is 0 Å². The van der Waals surface area contributed by atoms with Crippen LogP contribution in [0.2, 0.25) is 0 Å². The number of fused-ring (bicyclic) bond motifs is 1. The summed E-state index contributed by atoms with van der Waals surface area (Å²) < 4.78 is 10.5. The summed E-state index contributed by atoms with van der Waals surface area (Å²) in [6.45, 7) is 4.93. The first-order valence-corrected chi connectivity index (χ1v) is 6.28. The fraction of sp³-hybridized carbons (Fsp3) is 0.400. The molecule has 3 heteroatoms. The van der Waals surface area contributed by atoms with Gasteiger partial charge in [0.25, 0.3) is 0 Å². The third kappa shape index (κ3) is 2.73. The Morgan fingerprint density at radius 1 is 1.33 bits per heavy atom. The maximum Gasteiger partial charge on any atom is 0.306 e. The molecule has 3 nitrogen and oxygen atoms in total. The molecule has 0 saturated carbocycles. The predicted octanol–water partition coefficient (Wildman–Crippen LogP) is 3.20. The average molecular weight is 246 g/mol. The Kier molecular flexibility index (Phi) is 4.03. The summed E-state index contributed by atoms with van der Waals surface area (Å²) in [4.78, 5) is 11.3. The summed E-state index contributed by atoms with van der Waals surface area (Å²) in [6.07, 6.45) is 1.16. The lowest BCUT2D eigenvalue weighted by atomic mass is 9.99. The summed E-state index contributed by atoms with van der Waals surface area (Å²) in [5.74, 6) is 0.799. The zero-order chi connectivity index (χ0) is 13.0. The van der Waals surface area contributed by atoms with Crippen LogP contribution < -0.4 is 4.74 Å². The first-order valence-electron chi connectivity index (χ1n) is 6.28. The molecular formula is C15H18O3. The average Bonchev–Trinajstić information content (AvgIpc) is 2.80. The van der Waals surface area contributed by atoms with Crippen molar-refractivity contribution in [3.8, 4) is 5.75 Å². The van der Waals surface area contributed by atoms with Gasteiger partial charge in [-0.3, -0.25) is 4.79 Å². The van der Waals surface area contributed by atoms with Gasteiger partial charge in [0.05, 0.1) is 6.61 Å². The normalized spacial score (nSPS) is 15.9. The van der Waals surface area contributed by atoms with Gasteiger partial charge < -0.3 is 9.47 Å². The molecule has 1 aliphatic rings. The third-order valence-electron chi connectivity index (χ3n) is 3.11. The highest BCUT2D eigenvalue weighted by Gasteiger charge is 2.19. The number of carbonyl (C=O) groups excluding carboxylic acids is 1. The van der Waals surface area contributed by atoms with Gasteiger partial charge in [-0.2, -0.15) is 0 Å². The maximum absolute atomic E-state index is 11.3. The molecule has 1 aromatic carbocycles. The molecule has 0 saturated heterocycles. The lowest BCUT2D eigenvalue weighted by Gasteiger charge is -2.05. The summed E-state index contributed by atoms with van der Waals surface area (Å²) in [5, 5.41) is 0. The molecule has 1 heterocycles. The molecule has 96 valence electrons. The number of allylic oxidation sites excluding steroid dienone is 1. The van der Waals surface area contributed by atoms with Gasteiger partial charge in [0.1, 0.15) is 12.4 Å². The smallest absolute Gasteiger partial charge is 0.306 e. The number of hydrogen-bond acceptors (Lipinski definition) is 3. The van der Waals surface area contributed by atoms with Crippen molar-refractivity contribution in [2.45, 2.75) is 26.7 Å². The van der Waals surface area contributed by atoms with Crippen LogP contribution in [-0.2, 0) is 9.53 Å². The molecule has 0 N–H and O–H groups in total. The Bertz CT molecular complexity index is 474. The zero-order valence-electron chi connectivity index (χ0n) is 10.9. The second-order valence-electron chi connectivity index (χ2n) is 4.35. The van der Waals surface area contributed by atoms with Crippen molar-refractivity contribution in [2.24, 2.45) is 0 Å². The van der Waals surface area contributed by atoms with Crippen molar-refractivity contribution in [1.29, 1.82) is 0 Å². The maximum atomic E-state index is 11.3. The fourth-order valence-corrected chi connectivity index (χ4v) is 2.10. The van der Waals surface area contributed by atoms with Crippen molar-refractivity contribution in [2.75, 3.05) is 13.2 Å². The van der Waals surface area contributed by atoms with E-state index in [4.69, 9.17) is 9.47 Å². The van der Waals surface area contributed by atoms with E-state index < -0.39 is 0 Å². The minimum Gasteiger partial charge on any atom is -0.488 e. The molecule has 1 aromatic rings. The molecule has 0 bridgehead atoms. The quantitative estimate of drug-likeness (QED) is 0.765. The van der Waals surface area contributed by atoms with E-state index in [1.54, 1.807) is 0 Å². The minimum atomic E-state index is -0.135. The van der Waals surface area contributed by atoms with E-state index in [0.29, 0.717) is 19.6 Å². The van der Waals surface area contributed by atoms with E-state index >= 15 is 0 Å². The van der Waals surface area contributed by atoms with E-state index in [-0.39, 0.29) is 5.97 Å². The van der Waals surface area contributed by atoms with E-state index in [1.807, 2.05) is 25.1 Å². The molecule has 0 aliphatic carbocycles. The van der Waals surface area contributed by atoms with Crippen molar-refractivity contribution in [3.63, 3.8) is 0 Å². The Hall–Kier alpha value is -1.77. The topological polar surface area (TPSA) is 35.5 Å². The van der Waals surface area contributed by atoms with Gasteiger partial charge in [-0.05, 0) is 31.9 Å². The van der Waals surface area contributed by atoms with Crippen LogP contribution >= 0.6 is 0 Å². The minimum absolute atomic E-state index is 0.135. The number of carbonyl (C=O) groups is 1. The third-order valence-corrected chi connectivity index (χ3v) is 3.11. The van der Waals surface area contributed by atoms with Gasteiger partial charge in [0.2, 0.25) is 0 Å². The molecule has 0 fully saturated rings. The highest BCUT2D eigenvalue weighted by molar-refractivity contribution is 5.77. The molecule has 2 rings (SSSR count). The zero-order valence-corrected chi connectivity index (χ0v) is 10.9. The predicted molar refractivity (Wildman–Crippen MR) is 70.4 cm³/mol. The number of esters is 1. The second-order valence-corrected chi connectivity index (χ2v) is 4.35. The Morgan fingerprint density at radius 2 is 2.11 bits per heavy atom. The fourth-order valence-electron chi connectivity index (χ4n) is 2.10. The number of para-hydroxylation sites is 1. The number of rotatable bonds is 4. The van der Waals surface area contributed by atoms with Crippen LogP contribution in [0.25, 0.3) is 5.57 Å². The summed E-state index contributed by atoms with van der Waals surface area (Å²) >= 11 is 0. The van der Waals surface area contributed by atoms with Gasteiger partial charge in [0.15, 0.2) is 0 Å². The van der Waals surface area contributed by atoms with Crippen LogP contribution in [0.5, 0.6) is 5.75 Å². The standard InChI is InChI=1S/C15H18O3/c1-3-17-15(16)9-8-11(2)13-10-18-14-7-5-4-6-12(13)14/h4-7H,3,8-10H2,1-2H3/b13-11-. The van der Waals surface area contributed by atoms with Crippen LogP contribution in [0.3, 0.4) is 0 Å². The van der Waals surface area contributed by atoms with Gasteiger partial charge in [-0.25, -0.2) is 0 Å². The van der Waals surface area contributed by atoms with Crippen molar-refractivity contribution < 1.29 is 14.3 Å². The largest absolute Gasteiger partial charge is 0.488 e. The number of hydrogen-bond donors (Lipinski definition) is 0. The van der Waals surface area contributed by atoms with Gasteiger partial charge in [0, 0.05) is 12.0 Å². The Balaban J connectivity index is 2.06. The van der Waals surface area contributed by atoms with Crippen LogP contribution in [0.15, 0.2) is 29.8 Å². The van der Waals surface area contributed by atoms with Crippen molar-refractivity contribution >= 4 is 11.5 Å². The lowest BCUT2D eigenvalue weighted by Crippen LogP contribution is -2.04. The first kappa shape index (κ1) is 12.7. The lowest BCUT2D eigenvalue weighted by molar-refractivity contribution is -0.143. The van der Waals surface area contributed by atoms with E-state index in [9.17, 15) is 4.79 Å². The summed E-state index contributed by atoms with van der Waals surface area (Å²) in [5.41, 5.74) is 3.56. The van der Waals surface area contributed by atoms with Crippen LogP contribution in [0.1, 0.15) is 32.3 Å². The van der Waals surface area contributed by atoms with Crippen molar-refractivity contribution in [1.82, 2.24) is 0 Å². The van der Waals surface area contributed by atoms with Crippen LogP contribution in [0, 0.1) is 0 Å². The van der Waals surface area contributed by atoms with Gasteiger partial charge >= 0.3 is 5.97 Å². The van der Waals surface area contributed by atoms with Crippen LogP contribution in [0.4, 0.5) is 0 Å². The molecule has 0 amide bonds. The summed E-state index contributed by atoms with van der Waals surface area (Å²) in [7, 11) is 0. The molecular weight excluding hydrogens is 228 g/mol. The molecule has 0 spiro atoms.